The van der Waals surface area contributed by atoms with Crippen LogP contribution in [0.25, 0.3) is 0 Å². The number of hydrogen-bond acceptors (Lipinski definition) is 5. The molecule has 3 amide bonds. The van der Waals surface area contributed by atoms with E-state index >= 15 is 0 Å². The number of carbonyl (C=O) groups is 3. The second kappa shape index (κ2) is 8.76. The maximum Gasteiger partial charge on any atom is 0.250 e. The summed E-state index contributed by atoms with van der Waals surface area (Å²) in [6.45, 7) is 6.05. The number of hydrogen-bond donors (Lipinski definition) is 3. The van der Waals surface area contributed by atoms with E-state index < -0.39 is 29.6 Å². The molecule has 1 aromatic carbocycles. The van der Waals surface area contributed by atoms with E-state index in [4.69, 9.17) is 4.74 Å². The Balaban J connectivity index is 1.70. The number of amides is 3. The van der Waals surface area contributed by atoms with Crippen LogP contribution in [0.15, 0.2) is 18.2 Å². The molecule has 1 spiro atoms. The van der Waals surface area contributed by atoms with Crippen LogP contribution in [-0.2, 0) is 19.1 Å². The highest BCUT2D eigenvalue weighted by Gasteiger charge is 2.76. The van der Waals surface area contributed by atoms with Crippen molar-refractivity contribution in [2.45, 2.75) is 56.2 Å². The van der Waals surface area contributed by atoms with E-state index in [0.717, 1.165) is 17.5 Å². The number of benzene rings is 1. The van der Waals surface area contributed by atoms with Gasteiger partial charge < -0.3 is 25.4 Å². The van der Waals surface area contributed by atoms with Crippen molar-refractivity contribution in [3.05, 3.63) is 29.3 Å². The van der Waals surface area contributed by atoms with E-state index in [1.807, 2.05) is 39.0 Å². The van der Waals surface area contributed by atoms with Gasteiger partial charge >= 0.3 is 0 Å². The van der Waals surface area contributed by atoms with Gasteiger partial charge in [0, 0.05) is 23.6 Å². The zero-order chi connectivity index (χ0) is 23.2. The molecule has 3 unspecified atom stereocenters. The van der Waals surface area contributed by atoms with E-state index in [1.165, 1.54) is 4.90 Å². The number of ether oxygens (including phenoxy) is 1. The lowest BCUT2D eigenvalue weighted by atomic mass is 9.70. The number of aliphatic hydroxyl groups excluding tert-OH is 1. The lowest BCUT2D eigenvalue weighted by molar-refractivity contribution is -0.141. The Morgan fingerprint density at radius 3 is 2.75 bits per heavy atom. The van der Waals surface area contributed by atoms with Crippen molar-refractivity contribution in [1.82, 2.24) is 10.2 Å². The van der Waals surface area contributed by atoms with Gasteiger partial charge in [0.2, 0.25) is 17.7 Å². The lowest BCUT2D eigenvalue weighted by Crippen LogP contribution is -2.54. The fraction of sp³-hybridized carbons (Fsp3) is 0.609. The highest BCUT2D eigenvalue weighted by atomic mass is 79.9. The molecule has 174 valence electrons. The van der Waals surface area contributed by atoms with Crippen molar-refractivity contribution < 1.29 is 24.2 Å². The van der Waals surface area contributed by atoms with E-state index in [2.05, 4.69) is 26.6 Å². The Hall–Kier alpha value is -1.97. The van der Waals surface area contributed by atoms with E-state index in [-0.39, 0.29) is 35.7 Å². The van der Waals surface area contributed by atoms with E-state index in [0.29, 0.717) is 18.7 Å². The number of halogens is 1. The highest BCUT2D eigenvalue weighted by molar-refractivity contribution is 9.09. The molecule has 9 heteroatoms. The number of β-amino-alcohol motifs (C(OH)–C–C–N with tert-alkyl or cyclic N) is 1. The van der Waals surface area contributed by atoms with Crippen molar-refractivity contribution >= 4 is 39.3 Å². The summed E-state index contributed by atoms with van der Waals surface area (Å²) in [6.07, 6.45) is 0.745. The van der Waals surface area contributed by atoms with Gasteiger partial charge in [-0.3, -0.25) is 14.4 Å². The van der Waals surface area contributed by atoms with Crippen LogP contribution in [0.2, 0.25) is 0 Å². The molecule has 0 aliphatic carbocycles. The number of rotatable bonds is 7. The Morgan fingerprint density at radius 2 is 2.06 bits per heavy atom. The number of fused-ring (bicyclic) bond motifs is 1. The Morgan fingerprint density at radius 1 is 1.31 bits per heavy atom. The number of alkyl halides is 1. The van der Waals surface area contributed by atoms with Gasteiger partial charge in [0.25, 0.3) is 0 Å². The quantitative estimate of drug-likeness (QED) is 0.484. The molecule has 8 nitrogen and oxygen atoms in total. The molecule has 0 radical (unpaired) electrons. The minimum atomic E-state index is -1.11. The fourth-order valence-corrected chi connectivity index (χ4v) is 6.46. The van der Waals surface area contributed by atoms with Crippen LogP contribution in [-0.4, -0.2) is 70.0 Å². The molecule has 3 fully saturated rings. The van der Waals surface area contributed by atoms with Gasteiger partial charge in [0.1, 0.15) is 11.6 Å². The summed E-state index contributed by atoms with van der Waals surface area (Å²) < 4.78 is 6.37. The first-order chi connectivity index (χ1) is 15.2. The monoisotopic (exact) mass is 507 g/mol. The molecule has 3 aliphatic heterocycles. The number of aryl methyl sites for hydroxylation is 2. The SMILES string of the molecule is CCCNC(=O)[C@H]1[C@@H]2OC3(CC2Br)C(C(=O)Nc2cc(C)ccc2C)N(CCO)C(=O)[C@H]13. The molecule has 2 bridgehead atoms. The highest BCUT2D eigenvalue weighted by Crippen LogP contribution is 2.60. The molecule has 32 heavy (non-hydrogen) atoms. The van der Waals surface area contributed by atoms with Crippen LogP contribution in [0.4, 0.5) is 5.69 Å². The molecule has 0 aromatic heterocycles. The summed E-state index contributed by atoms with van der Waals surface area (Å²) in [7, 11) is 0. The van der Waals surface area contributed by atoms with E-state index in [1.54, 1.807) is 0 Å². The van der Waals surface area contributed by atoms with Crippen molar-refractivity contribution in [3.63, 3.8) is 0 Å². The van der Waals surface area contributed by atoms with Crippen LogP contribution in [0.1, 0.15) is 30.9 Å². The van der Waals surface area contributed by atoms with Crippen LogP contribution in [0.3, 0.4) is 0 Å². The summed E-state index contributed by atoms with van der Waals surface area (Å²) in [5, 5.41) is 15.5. The van der Waals surface area contributed by atoms with Crippen molar-refractivity contribution in [2.75, 3.05) is 25.0 Å². The maximum atomic E-state index is 13.6. The molecule has 3 N–H and O–H groups in total. The molecule has 1 aromatic rings. The van der Waals surface area contributed by atoms with Gasteiger partial charge in [-0.2, -0.15) is 0 Å². The second-order valence-corrected chi connectivity index (χ2v) is 10.2. The fourth-order valence-electron chi connectivity index (χ4n) is 5.52. The minimum absolute atomic E-state index is 0.00620. The number of likely N-dealkylation sites (tertiary alicyclic amines) is 1. The Labute approximate surface area is 196 Å². The van der Waals surface area contributed by atoms with Crippen molar-refractivity contribution in [3.8, 4) is 0 Å². The molecule has 6 atom stereocenters. The third-order valence-electron chi connectivity index (χ3n) is 6.88. The van der Waals surface area contributed by atoms with Gasteiger partial charge in [-0.05, 0) is 43.9 Å². The van der Waals surface area contributed by atoms with Gasteiger partial charge in [0.05, 0.1) is 24.5 Å². The molecular weight excluding hydrogens is 478 g/mol. The summed E-state index contributed by atoms with van der Waals surface area (Å²) >= 11 is 3.63. The average molecular weight is 508 g/mol. The Kier molecular flexibility index (Phi) is 6.35. The second-order valence-electron chi connectivity index (χ2n) is 9.02. The van der Waals surface area contributed by atoms with Gasteiger partial charge in [-0.1, -0.05) is 35.0 Å². The topological polar surface area (TPSA) is 108 Å². The maximum absolute atomic E-state index is 13.6. The summed E-state index contributed by atoms with van der Waals surface area (Å²) in [5.41, 5.74) is 1.47. The van der Waals surface area contributed by atoms with Crippen LogP contribution < -0.4 is 10.6 Å². The summed E-state index contributed by atoms with van der Waals surface area (Å²) in [4.78, 5) is 41.4. The lowest BCUT2D eigenvalue weighted by Gasteiger charge is -2.34. The number of anilines is 1. The molecular formula is C23H30BrN3O5. The van der Waals surface area contributed by atoms with E-state index in [9.17, 15) is 19.5 Å². The predicted molar refractivity (Wildman–Crippen MR) is 122 cm³/mol. The zero-order valence-corrected chi connectivity index (χ0v) is 20.1. The van der Waals surface area contributed by atoms with Crippen molar-refractivity contribution in [2.24, 2.45) is 11.8 Å². The Bertz CT molecular complexity index is 940. The standard InChI is InChI=1S/C23H30BrN3O5/c1-4-7-25-20(29)16-17-22(31)27(8-9-28)19(23(17)11-14(24)18(16)32-23)21(30)26-15-10-12(2)5-6-13(15)3/h5-6,10,14,16-19,28H,4,7-9,11H2,1-3H3,(H,25,29)(H,26,30)/t14?,16-,17+,18-,19?,23?/m1/s1. The molecule has 0 saturated carbocycles. The van der Waals surface area contributed by atoms with Gasteiger partial charge in [-0.25, -0.2) is 0 Å². The number of carbonyl (C=O) groups excluding carboxylic acids is 3. The van der Waals surface area contributed by atoms with Crippen LogP contribution in [0.5, 0.6) is 0 Å². The van der Waals surface area contributed by atoms with Gasteiger partial charge in [-0.15, -0.1) is 0 Å². The smallest absolute Gasteiger partial charge is 0.250 e. The first kappa shape index (κ1) is 23.2. The zero-order valence-electron chi connectivity index (χ0n) is 18.6. The average Bonchev–Trinajstić information content (AvgIpc) is 3.33. The van der Waals surface area contributed by atoms with Crippen molar-refractivity contribution in [1.29, 1.82) is 0 Å². The van der Waals surface area contributed by atoms with Gasteiger partial charge in [0.15, 0.2) is 0 Å². The first-order valence-electron chi connectivity index (χ1n) is 11.1. The number of nitrogens with zero attached hydrogens (tertiary/aromatic N) is 1. The number of aliphatic hydroxyl groups is 1. The van der Waals surface area contributed by atoms with Crippen LogP contribution >= 0.6 is 15.9 Å². The summed E-state index contributed by atoms with van der Waals surface area (Å²) in [5.74, 6) is -2.32. The minimum Gasteiger partial charge on any atom is -0.395 e. The molecule has 3 heterocycles. The third-order valence-corrected chi connectivity index (χ3v) is 7.73. The largest absolute Gasteiger partial charge is 0.395 e. The number of nitrogens with one attached hydrogen (secondary N) is 2. The predicted octanol–water partition coefficient (Wildman–Crippen LogP) is 1.51. The first-order valence-corrected chi connectivity index (χ1v) is 12.1. The third kappa shape index (κ3) is 3.54. The molecule has 3 saturated heterocycles. The molecule has 3 aliphatic rings. The molecule has 4 rings (SSSR count). The normalized spacial score (nSPS) is 32.8. The summed E-state index contributed by atoms with van der Waals surface area (Å²) in [6, 6.07) is 4.85. The van der Waals surface area contributed by atoms with Crippen LogP contribution in [0, 0.1) is 25.7 Å².